The molecule has 2 aromatic carbocycles. The molecule has 0 saturated heterocycles. The average Bonchev–Trinajstić information content (AvgIpc) is 3.38. The first-order valence-electron chi connectivity index (χ1n) is 13.4. The highest BCUT2D eigenvalue weighted by molar-refractivity contribution is 7.13. The summed E-state index contributed by atoms with van der Waals surface area (Å²) < 4.78 is 6.08. The van der Waals surface area contributed by atoms with Crippen molar-refractivity contribution in [3.8, 4) is 27.3 Å². The van der Waals surface area contributed by atoms with Gasteiger partial charge in [-0.05, 0) is 65.4 Å². The number of nitrogens with zero attached hydrogens (tertiary/aromatic N) is 1. The number of carboxylic acid groups (broad SMARTS) is 1. The molecule has 10 heteroatoms. The number of fused-ring (bicyclic) bond motifs is 3. The summed E-state index contributed by atoms with van der Waals surface area (Å²) in [6.07, 6.45) is 2.41. The predicted octanol–water partition coefficient (Wildman–Crippen LogP) is 5.35. The third-order valence-corrected chi connectivity index (χ3v) is 7.86. The second-order valence-electron chi connectivity index (χ2n) is 9.63. The van der Waals surface area contributed by atoms with Crippen LogP contribution < -0.4 is 21.1 Å². The number of hydrogen-bond acceptors (Lipinski definition) is 7. The van der Waals surface area contributed by atoms with Crippen LogP contribution in [0.4, 0.5) is 5.69 Å². The number of nitrogens with two attached hydrogens (primary N) is 1. The van der Waals surface area contributed by atoms with Crippen LogP contribution in [0.15, 0.2) is 60.0 Å². The summed E-state index contributed by atoms with van der Waals surface area (Å²) in [6.45, 7) is 3.29. The zero-order chi connectivity index (χ0) is 28.9. The van der Waals surface area contributed by atoms with Crippen LogP contribution in [0.2, 0.25) is 0 Å². The van der Waals surface area contributed by atoms with Gasteiger partial charge in [0.05, 0.1) is 6.61 Å². The van der Waals surface area contributed by atoms with E-state index in [1.165, 1.54) is 12.1 Å². The van der Waals surface area contributed by atoms with Crippen molar-refractivity contribution >= 4 is 34.8 Å². The molecular formula is C31H30N4O5S. The molecule has 1 aliphatic heterocycles. The first kappa shape index (κ1) is 28.0. The van der Waals surface area contributed by atoms with Gasteiger partial charge in [0.25, 0.3) is 11.8 Å². The highest BCUT2D eigenvalue weighted by Crippen LogP contribution is 2.43. The maximum atomic E-state index is 13.8. The van der Waals surface area contributed by atoms with Crippen molar-refractivity contribution in [2.45, 2.75) is 32.7 Å². The first-order valence-corrected chi connectivity index (χ1v) is 14.3. The van der Waals surface area contributed by atoms with Crippen molar-refractivity contribution in [1.29, 1.82) is 0 Å². The standard InChI is InChI=1S/C31H30N4O5S/c1-2-3-12-33-30(37)25-9-8-21(27(35-25)31(38)39)22-16-26-24(28-19(10-13-40-26)11-14-41-28)15-23(22)29(36)34-20-6-4-18(17-32)5-7-20/h4-9,11,14-16H,2-3,10,12-13,17,32H2,1H3,(H,33,37)(H,34,36)(H,38,39). The Hall–Kier alpha value is -4.54. The smallest absolute Gasteiger partial charge is 0.355 e. The fourth-order valence-corrected chi connectivity index (χ4v) is 5.66. The van der Waals surface area contributed by atoms with Gasteiger partial charge >= 0.3 is 5.97 Å². The Morgan fingerprint density at radius 2 is 1.83 bits per heavy atom. The third kappa shape index (κ3) is 5.98. The molecule has 9 nitrogen and oxygen atoms in total. The molecule has 0 saturated carbocycles. The Morgan fingerprint density at radius 1 is 1.02 bits per heavy atom. The van der Waals surface area contributed by atoms with E-state index in [-0.39, 0.29) is 22.5 Å². The Labute approximate surface area is 241 Å². The summed E-state index contributed by atoms with van der Waals surface area (Å²) in [5, 5.41) is 17.8. The maximum Gasteiger partial charge on any atom is 0.355 e. The molecule has 210 valence electrons. The van der Waals surface area contributed by atoms with E-state index in [9.17, 15) is 19.5 Å². The van der Waals surface area contributed by atoms with Gasteiger partial charge in [0.15, 0.2) is 5.69 Å². The molecule has 5 rings (SSSR count). The molecule has 41 heavy (non-hydrogen) atoms. The molecule has 4 aromatic rings. The van der Waals surface area contributed by atoms with Crippen molar-refractivity contribution in [2.75, 3.05) is 18.5 Å². The lowest BCUT2D eigenvalue weighted by atomic mass is 9.93. The Kier molecular flexibility index (Phi) is 8.42. The van der Waals surface area contributed by atoms with E-state index in [4.69, 9.17) is 10.5 Å². The molecule has 1 aliphatic rings. The number of rotatable bonds is 9. The van der Waals surface area contributed by atoms with Gasteiger partial charge in [-0.25, -0.2) is 9.78 Å². The quantitative estimate of drug-likeness (QED) is 0.199. The second-order valence-corrected chi connectivity index (χ2v) is 10.5. The number of thiophene rings is 1. The van der Waals surface area contributed by atoms with Crippen molar-refractivity contribution in [3.05, 3.63) is 88.1 Å². The number of benzene rings is 2. The van der Waals surface area contributed by atoms with Gasteiger partial charge in [0.2, 0.25) is 0 Å². The lowest BCUT2D eigenvalue weighted by Crippen LogP contribution is -2.26. The first-order chi connectivity index (χ1) is 19.9. The molecule has 2 amide bonds. The van der Waals surface area contributed by atoms with Crippen LogP contribution in [0.25, 0.3) is 21.6 Å². The number of aromatic carboxylic acids is 1. The molecule has 0 unspecified atom stereocenters. The van der Waals surface area contributed by atoms with Crippen LogP contribution in [0.3, 0.4) is 0 Å². The third-order valence-electron chi connectivity index (χ3n) is 6.87. The molecule has 0 atom stereocenters. The fraction of sp³-hybridized carbons (Fsp3) is 0.226. The lowest BCUT2D eigenvalue weighted by Gasteiger charge is -2.17. The molecule has 3 heterocycles. The van der Waals surface area contributed by atoms with Crippen molar-refractivity contribution in [3.63, 3.8) is 0 Å². The van der Waals surface area contributed by atoms with Crippen molar-refractivity contribution in [2.24, 2.45) is 5.73 Å². The van der Waals surface area contributed by atoms with Crippen molar-refractivity contribution < 1.29 is 24.2 Å². The summed E-state index contributed by atoms with van der Waals surface area (Å²) in [7, 11) is 0. The average molecular weight is 571 g/mol. The molecule has 5 N–H and O–H groups in total. The van der Waals surface area contributed by atoms with Gasteiger partial charge < -0.3 is 26.2 Å². The number of nitrogens with one attached hydrogen (secondary N) is 2. The summed E-state index contributed by atoms with van der Waals surface area (Å²) >= 11 is 1.56. The number of amides is 2. The molecule has 0 spiro atoms. The molecule has 0 radical (unpaired) electrons. The largest absolute Gasteiger partial charge is 0.493 e. The Morgan fingerprint density at radius 3 is 2.56 bits per heavy atom. The van der Waals surface area contributed by atoms with E-state index in [0.717, 1.165) is 34.4 Å². The summed E-state index contributed by atoms with van der Waals surface area (Å²) in [6, 6.07) is 15.7. The van der Waals surface area contributed by atoms with Gasteiger partial charge in [-0.3, -0.25) is 9.59 Å². The predicted molar refractivity (Wildman–Crippen MR) is 159 cm³/mol. The second kappa shape index (κ2) is 12.3. The van der Waals surface area contributed by atoms with Crippen LogP contribution in [0.5, 0.6) is 5.75 Å². The van der Waals surface area contributed by atoms with E-state index in [1.54, 1.807) is 35.6 Å². The van der Waals surface area contributed by atoms with E-state index in [0.29, 0.717) is 43.1 Å². The Balaban J connectivity index is 1.62. The van der Waals surface area contributed by atoms with Gasteiger partial charge in [0.1, 0.15) is 11.4 Å². The van der Waals surface area contributed by atoms with Crippen molar-refractivity contribution in [1.82, 2.24) is 10.3 Å². The van der Waals surface area contributed by atoms with E-state index >= 15 is 0 Å². The van der Waals surface area contributed by atoms with E-state index in [1.807, 2.05) is 30.5 Å². The fourth-order valence-electron chi connectivity index (χ4n) is 4.69. The number of hydrogen-bond donors (Lipinski definition) is 4. The van der Waals surface area contributed by atoms with E-state index < -0.39 is 17.8 Å². The van der Waals surface area contributed by atoms with Crippen LogP contribution >= 0.6 is 11.3 Å². The normalized spacial score (nSPS) is 12.0. The topological polar surface area (TPSA) is 144 Å². The lowest BCUT2D eigenvalue weighted by molar-refractivity contribution is 0.0691. The van der Waals surface area contributed by atoms with Crippen LogP contribution in [0.1, 0.15) is 62.2 Å². The summed E-state index contributed by atoms with van der Waals surface area (Å²) in [5.74, 6) is -1.66. The van der Waals surface area contributed by atoms with Crippen LogP contribution in [-0.2, 0) is 13.0 Å². The number of carbonyl (C=O) groups excluding carboxylic acids is 2. The number of carboxylic acids is 1. The minimum Gasteiger partial charge on any atom is -0.493 e. The number of pyridine rings is 1. The number of aromatic nitrogens is 1. The monoisotopic (exact) mass is 570 g/mol. The molecular weight excluding hydrogens is 540 g/mol. The number of anilines is 1. The molecule has 0 bridgehead atoms. The van der Waals surface area contributed by atoms with Gasteiger partial charge in [-0.1, -0.05) is 25.5 Å². The number of carbonyl (C=O) groups is 3. The molecule has 0 fully saturated rings. The summed E-state index contributed by atoms with van der Waals surface area (Å²) in [4.78, 5) is 44.0. The maximum absolute atomic E-state index is 13.8. The van der Waals surface area contributed by atoms with Gasteiger partial charge in [-0.15, -0.1) is 11.3 Å². The van der Waals surface area contributed by atoms with Gasteiger partial charge in [-0.2, -0.15) is 0 Å². The molecule has 0 aliphatic carbocycles. The van der Waals surface area contributed by atoms with E-state index in [2.05, 4.69) is 15.6 Å². The summed E-state index contributed by atoms with van der Waals surface area (Å²) in [5.41, 5.74) is 9.52. The zero-order valence-corrected chi connectivity index (χ0v) is 23.3. The van der Waals surface area contributed by atoms with Crippen LogP contribution in [0, 0.1) is 0 Å². The van der Waals surface area contributed by atoms with Gasteiger partial charge in [0, 0.05) is 52.3 Å². The minimum atomic E-state index is -1.32. The number of unbranched alkanes of at least 4 members (excludes halogenated alkanes) is 1. The highest BCUT2D eigenvalue weighted by atomic mass is 32.1. The minimum absolute atomic E-state index is 0.0116. The molecule has 2 aromatic heterocycles. The number of ether oxygens (including phenoxy) is 1. The SMILES string of the molecule is CCCCNC(=O)c1ccc(-c2cc3c(cc2C(=O)Nc2ccc(CN)cc2)-c2sccc2CCO3)c(C(=O)O)n1. The Bertz CT molecular complexity index is 1610. The van der Waals surface area contributed by atoms with Crippen LogP contribution in [-0.4, -0.2) is 41.0 Å². The highest BCUT2D eigenvalue weighted by Gasteiger charge is 2.26. The zero-order valence-electron chi connectivity index (χ0n) is 22.5.